The molecule has 2 atom stereocenters. The first-order valence-electron chi connectivity index (χ1n) is 10.4. The van der Waals surface area contributed by atoms with Crippen LogP contribution < -0.4 is 10.6 Å². The van der Waals surface area contributed by atoms with Crippen molar-refractivity contribution in [1.29, 1.82) is 0 Å². The molecule has 0 saturated heterocycles. The summed E-state index contributed by atoms with van der Waals surface area (Å²) in [5, 5.41) is 4.58. The summed E-state index contributed by atoms with van der Waals surface area (Å²) in [6, 6.07) is 33.5. The zero-order valence-corrected chi connectivity index (χ0v) is 19.4. The Morgan fingerprint density at radius 1 is 0.690 bits per heavy atom. The first-order valence-corrected chi connectivity index (χ1v) is 15.3. The van der Waals surface area contributed by atoms with Crippen molar-refractivity contribution >= 4 is 26.6 Å². The summed E-state index contributed by atoms with van der Waals surface area (Å²) in [6.45, 7) is 7.44. The maximum absolute atomic E-state index is 2.48. The zero-order chi connectivity index (χ0) is 20.3. The molecule has 4 rings (SSSR count). The second-order valence-electron chi connectivity index (χ2n) is 8.68. The standard InChI is InChI=1S/C27H29PSi/c1-29(2,3)26-21-13-20-25(26)27(22-14-7-4-8-15-22)28(23-16-9-5-10-17-23)24-18-11-6-12-19-24/h4-21,25,27H,1-3H3/t25?,27-/m0/s1. The highest BCUT2D eigenvalue weighted by Gasteiger charge is 2.38. The Kier molecular flexibility index (Phi) is 5.99. The first kappa shape index (κ1) is 20.1. The van der Waals surface area contributed by atoms with Crippen molar-refractivity contribution < 1.29 is 0 Å². The van der Waals surface area contributed by atoms with Crippen LogP contribution in [0, 0.1) is 5.92 Å². The summed E-state index contributed by atoms with van der Waals surface area (Å²) in [4.78, 5) is 0. The van der Waals surface area contributed by atoms with Gasteiger partial charge in [0.05, 0.1) is 8.07 Å². The molecular weight excluding hydrogens is 383 g/mol. The van der Waals surface area contributed by atoms with Gasteiger partial charge in [-0.25, -0.2) is 0 Å². The number of benzene rings is 3. The third kappa shape index (κ3) is 4.37. The maximum Gasteiger partial charge on any atom is 0.0732 e. The van der Waals surface area contributed by atoms with Crippen LogP contribution in [0.15, 0.2) is 114 Å². The van der Waals surface area contributed by atoms with Gasteiger partial charge in [-0.2, -0.15) is 0 Å². The lowest BCUT2D eigenvalue weighted by molar-refractivity contribution is 0.766. The molecule has 0 amide bonds. The molecule has 0 saturated carbocycles. The van der Waals surface area contributed by atoms with E-state index in [-0.39, 0.29) is 0 Å². The average molecular weight is 413 g/mol. The van der Waals surface area contributed by atoms with Crippen molar-refractivity contribution in [2.24, 2.45) is 5.92 Å². The zero-order valence-electron chi connectivity index (χ0n) is 17.5. The molecule has 29 heavy (non-hydrogen) atoms. The molecule has 0 bridgehead atoms. The molecule has 146 valence electrons. The number of rotatable bonds is 6. The minimum atomic E-state index is -1.42. The van der Waals surface area contributed by atoms with Crippen LogP contribution in [-0.2, 0) is 0 Å². The summed E-state index contributed by atoms with van der Waals surface area (Å²) in [5.74, 6) is 0.468. The van der Waals surface area contributed by atoms with E-state index in [2.05, 4.69) is 129 Å². The fourth-order valence-electron chi connectivity index (χ4n) is 4.33. The van der Waals surface area contributed by atoms with Gasteiger partial charge >= 0.3 is 0 Å². The predicted molar refractivity (Wildman–Crippen MR) is 132 cm³/mol. The van der Waals surface area contributed by atoms with Crippen LogP contribution >= 0.6 is 7.92 Å². The lowest BCUT2D eigenvalue weighted by Crippen LogP contribution is -2.31. The van der Waals surface area contributed by atoms with Crippen molar-refractivity contribution in [3.05, 3.63) is 120 Å². The molecule has 0 nitrogen and oxygen atoms in total. The first-order chi connectivity index (χ1) is 14.1. The van der Waals surface area contributed by atoms with E-state index in [1.54, 1.807) is 5.20 Å². The lowest BCUT2D eigenvalue weighted by Gasteiger charge is -2.37. The molecule has 0 N–H and O–H groups in total. The van der Waals surface area contributed by atoms with E-state index in [1.165, 1.54) is 16.2 Å². The molecular formula is C27H29PSi. The largest absolute Gasteiger partial charge is 0.0767 e. The highest BCUT2D eigenvalue weighted by Crippen LogP contribution is 2.57. The number of hydrogen-bond donors (Lipinski definition) is 0. The minimum Gasteiger partial charge on any atom is -0.0767 e. The van der Waals surface area contributed by atoms with Crippen LogP contribution in [0.25, 0.3) is 0 Å². The molecule has 1 aliphatic carbocycles. The molecule has 3 aromatic carbocycles. The van der Waals surface area contributed by atoms with Gasteiger partial charge in [-0.3, -0.25) is 0 Å². The predicted octanol–water partition coefficient (Wildman–Crippen LogP) is 6.85. The Balaban J connectivity index is 1.91. The number of hydrogen-bond acceptors (Lipinski definition) is 0. The second-order valence-corrected chi connectivity index (χ2v) is 16.1. The van der Waals surface area contributed by atoms with Crippen LogP contribution in [0.2, 0.25) is 19.6 Å². The monoisotopic (exact) mass is 412 g/mol. The highest BCUT2D eigenvalue weighted by molar-refractivity contribution is 7.73. The van der Waals surface area contributed by atoms with Gasteiger partial charge in [-0.05, 0) is 24.1 Å². The van der Waals surface area contributed by atoms with E-state index in [0.717, 1.165) is 0 Å². The SMILES string of the molecule is C[Si](C)(C)C1=CC=CC1[C@H](c1ccccc1)P(c1ccccc1)c1ccccc1. The average Bonchev–Trinajstić information content (AvgIpc) is 3.24. The molecule has 0 aliphatic heterocycles. The molecule has 1 aliphatic rings. The summed E-state index contributed by atoms with van der Waals surface area (Å²) in [5.41, 5.74) is 1.89. The van der Waals surface area contributed by atoms with Crippen molar-refractivity contribution in [2.45, 2.75) is 25.3 Å². The van der Waals surface area contributed by atoms with Crippen LogP contribution in [0.3, 0.4) is 0 Å². The van der Waals surface area contributed by atoms with E-state index < -0.39 is 16.0 Å². The molecule has 0 aromatic heterocycles. The van der Waals surface area contributed by atoms with Gasteiger partial charge < -0.3 is 0 Å². The van der Waals surface area contributed by atoms with E-state index in [1.807, 2.05) is 0 Å². The van der Waals surface area contributed by atoms with Crippen LogP contribution in [0.1, 0.15) is 11.2 Å². The third-order valence-electron chi connectivity index (χ3n) is 5.65. The molecule has 0 heterocycles. The molecule has 0 spiro atoms. The quantitative estimate of drug-likeness (QED) is 0.307. The third-order valence-corrected chi connectivity index (χ3v) is 10.8. The van der Waals surface area contributed by atoms with Gasteiger partial charge in [0, 0.05) is 11.6 Å². The normalized spacial score (nSPS) is 17.4. The number of allylic oxidation sites excluding steroid dienone is 4. The van der Waals surface area contributed by atoms with Crippen LogP contribution in [0.5, 0.6) is 0 Å². The Morgan fingerprint density at radius 3 is 1.66 bits per heavy atom. The smallest absolute Gasteiger partial charge is 0.0732 e. The van der Waals surface area contributed by atoms with Crippen molar-refractivity contribution in [3.63, 3.8) is 0 Å². The van der Waals surface area contributed by atoms with Crippen molar-refractivity contribution in [2.75, 3.05) is 0 Å². The molecule has 1 unspecified atom stereocenters. The van der Waals surface area contributed by atoms with Crippen LogP contribution in [-0.4, -0.2) is 8.07 Å². The highest BCUT2D eigenvalue weighted by atomic mass is 31.1. The molecule has 0 fully saturated rings. The van der Waals surface area contributed by atoms with Crippen LogP contribution in [0.4, 0.5) is 0 Å². The topological polar surface area (TPSA) is 0 Å². The Hall–Kier alpha value is -2.21. The maximum atomic E-state index is 2.48. The van der Waals surface area contributed by atoms with Crippen molar-refractivity contribution in [3.8, 4) is 0 Å². The summed E-state index contributed by atoms with van der Waals surface area (Å²) < 4.78 is 0. The van der Waals surface area contributed by atoms with E-state index >= 15 is 0 Å². The van der Waals surface area contributed by atoms with E-state index in [9.17, 15) is 0 Å². The van der Waals surface area contributed by atoms with Gasteiger partial charge in [0.15, 0.2) is 0 Å². The Morgan fingerprint density at radius 2 is 1.17 bits per heavy atom. The van der Waals surface area contributed by atoms with E-state index in [0.29, 0.717) is 11.6 Å². The molecule has 0 radical (unpaired) electrons. The van der Waals surface area contributed by atoms with Gasteiger partial charge in [0.2, 0.25) is 0 Å². The minimum absolute atomic E-state index is 0.438. The Bertz CT molecular complexity index is 945. The fraction of sp³-hybridized carbons (Fsp3) is 0.185. The fourth-order valence-corrected chi connectivity index (χ4v) is 9.31. The van der Waals surface area contributed by atoms with Gasteiger partial charge in [-0.1, -0.05) is 134 Å². The van der Waals surface area contributed by atoms with Crippen molar-refractivity contribution in [1.82, 2.24) is 0 Å². The van der Waals surface area contributed by atoms with E-state index in [4.69, 9.17) is 0 Å². The summed E-state index contributed by atoms with van der Waals surface area (Å²) >= 11 is 0. The van der Waals surface area contributed by atoms with Gasteiger partial charge in [-0.15, -0.1) is 0 Å². The summed E-state index contributed by atoms with van der Waals surface area (Å²) in [6.07, 6.45) is 7.18. The molecule has 3 aromatic rings. The summed E-state index contributed by atoms with van der Waals surface area (Å²) in [7, 11) is -1.97. The second kappa shape index (κ2) is 8.65. The van der Waals surface area contributed by atoms with Gasteiger partial charge in [0.25, 0.3) is 0 Å². The van der Waals surface area contributed by atoms with Gasteiger partial charge in [0.1, 0.15) is 0 Å². The molecule has 2 heteroatoms. The lowest BCUT2D eigenvalue weighted by atomic mass is 10.00. The Labute approximate surface area is 177 Å².